The summed E-state index contributed by atoms with van der Waals surface area (Å²) in [6.07, 6.45) is 5.32. The molecule has 0 spiro atoms. The Morgan fingerprint density at radius 1 is 0.800 bits per heavy atom. The molecule has 3 rings (SSSR count). The van der Waals surface area contributed by atoms with Crippen LogP contribution in [-0.2, 0) is 0 Å². The number of hydrazine groups is 1. The third-order valence-electron chi connectivity index (χ3n) is 3.12. The first-order valence-corrected chi connectivity index (χ1v) is 4.16. The fourth-order valence-corrected chi connectivity index (χ4v) is 1.91. The van der Waals surface area contributed by atoms with Crippen molar-refractivity contribution in [2.75, 3.05) is 0 Å². The highest BCUT2D eigenvalue weighted by atomic mass is 15.4. The predicted octanol–water partition coefficient (Wildman–Crippen LogP) is 1.19. The Hall–Kier alpha value is -0.0800. The number of rotatable bonds is 0. The summed E-state index contributed by atoms with van der Waals surface area (Å²) in [4.78, 5) is 0. The Morgan fingerprint density at radius 3 is 1.30 bits per heavy atom. The van der Waals surface area contributed by atoms with Gasteiger partial charge < -0.3 is 0 Å². The molecule has 3 aliphatic rings. The summed E-state index contributed by atoms with van der Waals surface area (Å²) in [5, 5.41) is 0. The first-order chi connectivity index (χ1) is 4.62. The van der Waals surface area contributed by atoms with Gasteiger partial charge in [0.1, 0.15) is 0 Å². The molecule has 0 atom stereocenters. The lowest BCUT2D eigenvalue weighted by atomic mass is 9.72. The maximum absolute atomic E-state index is 3.39. The zero-order chi connectivity index (χ0) is 7.24. The van der Waals surface area contributed by atoms with Crippen molar-refractivity contribution in [1.82, 2.24) is 10.9 Å². The van der Waals surface area contributed by atoms with Gasteiger partial charge in [-0.2, -0.15) is 0 Å². The van der Waals surface area contributed by atoms with E-state index in [2.05, 4.69) is 24.7 Å². The molecular weight excluding hydrogens is 124 g/mol. The lowest BCUT2D eigenvalue weighted by Gasteiger charge is -2.51. The standard InChI is InChI=1S/C8H16N2/c1-7-3-5-8(2,6-4-7)10-9-7/h9-10H,3-6H2,1-2H3. The second-order valence-corrected chi connectivity index (χ2v) is 4.37. The largest absolute Gasteiger partial charge is 0.251 e. The van der Waals surface area contributed by atoms with Crippen molar-refractivity contribution in [3.63, 3.8) is 0 Å². The van der Waals surface area contributed by atoms with Crippen molar-refractivity contribution in [1.29, 1.82) is 0 Å². The molecule has 0 aromatic rings. The second kappa shape index (κ2) is 1.74. The minimum atomic E-state index is 0.401. The van der Waals surface area contributed by atoms with Crippen molar-refractivity contribution in [3.05, 3.63) is 0 Å². The Bertz CT molecular complexity index is 111. The first-order valence-electron chi connectivity index (χ1n) is 4.16. The number of hydrogen-bond donors (Lipinski definition) is 2. The van der Waals surface area contributed by atoms with Crippen LogP contribution in [0.5, 0.6) is 0 Å². The molecule has 2 nitrogen and oxygen atoms in total. The summed E-state index contributed by atoms with van der Waals surface area (Å²) in [5.74, 6) is 0. The molecule has 0 radical (unpaired) electrons. The molecule has 58 valence electrons. The summed E-state index contributed by atoms with van der Waals surface area (Å²) in [5.41, 5.74) is 7.57. The molecule has 2 heterocycles. The fraction of sp³-hybridized carbons (Fsp3) is 1.00. The average molecular weight is 140 g/mol. The summed E-state index contributed by atoms with van der Waals surface area (Å²) in [6, 6.07) is 0. The molecule has 2 saturated heterocycles. The van der Waals surface area contributed by atoms with Crippen LogP contribution < -0.4 is 10.9 Å². The lowest BCUT2D eigenvalue weighted by Crippen LogP contribution is -2.68. The molecule has 0 amide bonds. The highest BCUT2D eigenvalue weighted by molar-refractivity contribution is 5.01. The van der Waals surface area contributed by atoms with Gasteiger partial charge in [-0.15, -0.1) is 0 Å². The van der Waals surface area contributed by atoms with Gasteiger partial charge in [0.15, 0.2) is 0 Å². The molecule has 2 bridgehead atoms. The van der Waals surface area contributed by atoms with E-state index in [1.165, 1.54) is 25.7 Å². The fourth-order valence-electron chi connectivity index (χ4n) is 1.91. The van der Waals surface area contributed by atoms with Gasteiger partial charge in [-0.25, -0.2) is 0 Å². The molecule has 0 aromatic heterocycles. The van der Waals surface area contributed by atoms with Crippen LogP contribution in [0.15, 0.2) is 0 Å². The Balaban J connectivity index is 2.16. The van der Waals surface area contributed by atoms with E-state index in [9.17, 15) is 0 Å². The molecule has 2 N–H and O–H groups in total. The Morgan fingerprint density at radius 2 is 1.10 bits per heavy atom. The van der Waals surface area contributed by atoms with Gasteiger partial charge in [0.25, 0.3) is 0 Å². The summed E-state index contributed by atoms with van der Waals surface area (Å²) < 4.78 is 0. The first kappa shape index (κ1) is 6.62. The van der Waals surface area contributed by atoms with Crippen LogP contribution in [-0.4, -0.2) is 11.1 Å². The third-order valence-corrected chi connectivity index (χ3v) is 3.12. The third kappa shape index (κ3) is 0.867. The molecule has 1 aliphatic carbocycles. The quantitative estimate of drug-likeness (QED) is 0.528. The van der Waals surface area contributed by atoms with Gasteiger partial charge in [-0.3, -0.25) is 10.9 Å². The summed E-state index contributed by atoms with van der Waals surface area (Å²) in [6.45, 7) is 4.61. The van der Waals surface area contributed by atoms with Crippen LogP contribution in [0.2, 0.25) is 0 Å². The normalized spacial score (nSPS) is 53.4. The van der Waals surface area contributed by atoms with Crippen molar-refractivity contribution >= 4 is 0 Å². The van der Waals surface area contributed by atoms with E-state index in [1.54, 1.807) is 0 Å². The topological polar surface area (TPSA) is 24.1 Å². The Labute approximate surface area is 62.4 Å². The van der Waals surface area contributed by atoms with Crippen LogP contribution in [0.4, 0.5) is 0 Å². The van der Waals surface area contributed by atoms with Crippen molar-refractivity contribution in [3.8, 4) is 0 Å². The lowest BCUT2D eigenvalue weighted by molar-refractivity contribution is 0.0536. The van der Waals surface area contributed by atoms with Gasteiger partial charge in [0, 0.05) is 11.1 Å². The molecule has 0 unspecified atom stereocenters. The van der Waals surface area contributed by atoms with E-state index >= 15 is 0 Å². The van der Waals surface area contributed by atoms with Crippen molar-refractivity contribution in [2.45, 2.75) is 50.6 Å². The van der Waals surface area contributed by atoms with E-state index < -0.39 is 0 Å². The number of fused-ring (bicyclic) bond motifs is 3. The molecule has 10 heavy (non-hydrogen) atoms. The van der Waals surface area contributed by atoms with E-state index in [1.807, 2.05) is 0 Å². The van der Waals surface area contributed by atoms with Crippen LogP contribution in [0.25, 0.3) is 0 Å². The van der Waals surface area contributed by atoms with Gasteiger partial charge >= 0.3 is 0 Å². The van der Waals surface area contributed by atoms with Crippen LogP contribution in [0, 0.1) is 0 Å². The van der Waals surface area contributed by atoms with Crippen molar-refractivity contribution in [2.24, 2.45) is 0 Å². The van der Waals surface area contributed by atoms with Crippen LogP contribution in [0.1, 0.15) is 39.5 Å². The predicted molar refractivity (Wildman–Crippen MR) is 41.5 cm³/mol. The number of nitrogens with one attached hydrogen (secondary N) is 2. The van der Waals surface area contributed by atoms with E-state index in [0.29, 0.717) is 11.1 Å². The zero-order valence-corrected chi connectivity index (χ0v) is 6.83. The zero-order valence-electron chi connectivity index (χ0n) is 6.83. The van der Waals surface area contributed by atoms with E-state index in [-0.39, 0.29) is 0 Å². The minimum absolute atomic E-state index is 0.401. The van der Waals surface area contributed by atoms with Gasteiger partial charge in [0.2, 0.25) is 0 Å². The highest BCUT2D eigenvalue weighted by Gasteiger charge is 2.42. The van der Waals surface area contributed by atoms with Gasteiger partial charge in [0.05, 0.1) is 0 Å². The summed E-state index contributed by atoms with van der Waals surface area (Å²) >= 11 is 0. The molecule has 3 fully saturated rings. The van der Waals surface area contributed by atoms with Crippen molar-refractivity contribution < 1.29 is 0 Å². The maximum Gasteiger partial charge on any atom is 0.0297 e. The molecule has 2 heteroatoms. The van der Waals surface area contributed by atoms with Gasteiger partial charge in [-0.1, -0.05) is 0 Å². The minimum Gasteiger partial charge on any atom is -0.251 e. The smallest absolute Gasteiger partial charge is 0.0297 e. The molecule has 0 aromatic carbocycles. The van der Waals surface area contributed by atoms with Crippen LogP contribution >= 0.6 is 0 Å². The Kier molecular flexibility index (Phi) is 1.15. The highest BCUT2D eigenvalue weighted by Crippen LogP contribution is 2.37. The number of hydrogen-bond acceptors (Lipinski definition) is 2. The average Bonchev–Trinajstić information content (AvgIpc) is 1.93. The van der Waals surface area contributed by atoms with E-state index in [4.69, 9.17) is 0 Å². The van der Waals surface area contributed by atoms with Crippen LogP contribution in [0.3, 0.4) is 0 Å². The monoisotopic (exact) mass is 140 g/mol. The van der Waals surface area contributed by atoms with Gasteiger partial charge in [-0.05, 0) is 39.5 Å². The molecular formula is C8H16N2. The molecule has 2 aliphatic heterocycles. The maximum atomic E-state index is 3.39. The SMILES string of the molecule is CC12CCC(C)(CC1)NN2. The molecule has 1 saturated carbocycles. The summed E-state index contributed by atoms with van der Waals surface area (Å²) in [7, 11) is 0. The second-order valence-electron chi connectivity index (χ2n) is 4.37. The van der Waals surface area contributed by atoms with E-state index in [0.717, 1.165) is 0 Å².